The van der Waals surface area contributed by atoms with Crippen molar-refractivity contribution < 1.29 is 13.2 Å². The Morgan fingerprint density at radius 3 is 2.50 bits per heavy atom. The highest BCUT2D eigenvalue weighted by molar-refractivity contribution is 7.92. The largest absolute Gasteiger partial charge is 0.345 e. The maximum atomic E-state index is 12.4. The number of para-hydroxylation sites is 1. The van der Waals surface area contributed by atoms with E-state index in [4.69, 9.17) is 11.6 Å². The van der Waals surface area contributed by atoms with E-state index in [0.717, 1.165) is 5.56 Å². The third-order valence-corrected chi connectivity index (χ3v) is 5.45. The number of carbonyl (C=O) groups is 1. The molecule has 1 atom stereocenters. The van der Waals surface area contributed by atoms with Crippen molar-refractivity contribution in [2.75, 3.05) is 17.1 Å². The number of benzene rings is 2. The number of rotatable bonds is 3. The first-order valence-corrected chi connectivity index (χ1v) is 9.72. The minimum atomic E-state index is -3.34. The molecule has 0 aromatic heterocycles. The Morgan fingerprint density at radius 2 is 1.83 bits per heavy atom. The summed E-state index contributed by atoms with van der Waals surface area (Å²) in [5, 5.41) is 3.55. The zero-order chi connectivity index (χ0) is 17.3. The minimum absolute atomic E-state index is 0.209. The van der Waals surface area contributed by atoms with Crippen molar-refractivity contribution in [1.29, 1.82) is 0 Å². The molecule has 1 heterocycles. The van der Waals surface area contributed by atoms with Crippen molar-refractivity contribution in [3.8, 4) is 0 Å². The van der Waals surface area contributed by atoms with Gasteiger partial charge in [-0.15, -0.1) is 0 Å². The molecule has 0 radical (unpaired) electrons. The molecule has 0 saturated heterocycles. The van der Waals surface area contributed by atoms with Gasteiger partial charge in [-0.3, -0.25) is 9.10 Å². The predicted octanol–water partition coefficient (Wildman–Crippen LogP) is 2.98. The van der Waals surface area contributed by atoms with Gasteiger partial charge in [0.1, 0.15) is 0 Å². The summed E-state index contributed by atoms with van der Waals surface area (Å²) in [5.74, 6) is -0.209. The number of hydrogen-bond donors (Lipinski definition) is 1. The molecule has 2 aromatic carbocycles. The summed E-state index contributed by atoms with van der Waals surface area (Å²) < 4.78 is 25.3. The zero-order valence-corrected chi connectivity index (χ0v) is 14.6. The monoisotopic (exact) mass is 364 g/mol. The maximum Gasteiger partial charge on any atom is 0.251 e. The van der Waals surface area contributed by atoms with Crippen LogP contribution in [0.2, 0.25) is 5.02 Å². The van der Waals surface area contributed by atoms with Gasteiger partial charge in [0, 0.05) is 17.1 Å². The van der Waals surface area contributed by atoms with Crippen LogP contribution in [0.15, 0.2) is 48.5 Å². The van der Waals surface area contributed by atoms with Crippen molar-refractivity contribution in [3.63, 3.8) is 0 Å². The van der Waals surface area contributed by atoms with Crippen molar-refractivity contribution in [1.82, 2.24) is 5.32 Å². The summed E-state index contributed by atoms with van der Waals surface area (Å²) in [6.07, 6.45) is 1.71. The van der Waals surface area contributed by atoms with Gasteiger partial charge in [0.05, 0.1) is 18.0 Å². The highest BCUT2D eigenvalue weighted by atomic mass is 35.5. The van der Waals surface area contributed by atoms with Gasteiger partial charge in [0.15, 0.2) is 0 Å². The third-order valence-electron chi connectivity index (χ3n) is 4.01. The highest BCUT2D eigenvalue weighted by Gasteiger charge is 2.30. The van der Waals surface area contributed by atoms with Gasteiger partial charge in [-0.25, -0.2) is 8.42 Å². The number of hydrogen-bond acceptors (Lipinski definition) is 3. The quantitative estimate of drug-likeness (QED) is 0.910. The van der Waals surface area contributed by atoms with Crippen LogP contribution in [-0.4, -0.2) is 27.1 Å². The molecule has 3 rings (SSSR count). The second-order valence-corrected chi connectivity index (χ2v) is 8.06. The van der Waals surface area contributed by atoms with E-state index in [1.165, 1.54) is 10.6 Å². The van der Waals surface area contributed by atoms with Crippen LogP contribution in [-0.2, 0) is 10.0 Å². The Labute approximate surface area is 146 Å². The first-order valence-electron chi connectivity index (χ1n) is 7.49. The molecule has 0 fully saturated rings. The van der Waals surface area contributed by atoms with Gasteiger partial charge in [0.25, 0.3) is 5.91 Å². The van der Waals surface area contributed by atoms with E-state index in [0.29, 0.717) is 29.2 Å². The molecule has 126 valence electrons. The molecule has 0 aliphatic carbocycles. The normalized spacial score (nSPS) is 17.2. The van der Waals surface area contributed by atoms with Gasteiger partial charge in [-0.1, -0.05) is 29.8 Å². The van der Waals surface area contributed by atoms with E-state index in [9.17, 15) is 13.2 Å². The van der Waals surface area contributed by atoms with Crippen molar-refractivity contribution in [2.45, 2.75) is 12.5 Å². The highest BCUT2D eigenvalue weighted by Crippen LogP contribution is 2.35. The molecule has 0 saturated carbocycles. The number of fused-ring (bicyclic) bond motifs is 1. The molecule has 2 aromatic rings. The molecule has 7 heteroatoms. The van der Waals surface area contributed by atoms with E-state index in [1.807, 2.05) is 12.1 Å². The molecule has 1 unspecified atom stereocenters. The van der Waals surface area contributed by atoms with E-state index in [2.05, 4.69) is 5.32 Å². The molecule has 0 bridgehead atoms. The van der Waals surface area contributed by atoms with Crippen LogP contribution in [0.3, 0.4) is 0 Å². The summed E-state index contributed by atoms with van der Waals surface area (Å²) in [4.78, 5) is 12.4. The maximum absolute atomic E-state index is 12.4. The van der Waals surface area contributed by atoms with E-state index in [-0.39, 0.29) is 11.9 Å². The fourth-order valence-electron chi connectivity index (χ4n) is 2.87. The zero-order valence-electron chi connectivity index (χ0n) is 13.1. The van der Waals surface area contributed by atoms with Gasteiger partial charge in [0.2, 0.25) is 10.0 Å². The molecule has 0 spiro atoms. The van der Waals surface area contributed by atoms with E-state index in [1.54, 1.807) is 36.4 Å². The molecule has 1 amide bonds. The SMILES string of the molecule is CS(=O)(=O)N1CCC(NC(=O)c2ccc(Cl)cc2)c2ccccc21. The smallest absolute Gasteiger partial charge is 0.251 e. The summed E-state index contributed by atoms with van der Waals surface area (Å²) >= 11 is 5.84. The summed E-state index contributed by atoms with van der Waals surface area (Å²) in [5.41, 5.74) is 1.94. The van der Waals surface area contributed by atoms with Gasteiger partial charge in [-0.2, -0.15) is 0 Å². The van der Waals surface area contributed by atoms with Crippen molar-refractivity contribution in [2.24, 2.45) is 0 Å². The minimum Gasteiger partial charge on any atom is -0.345 e. The lowest BCUT2D eigenvalue weighted by Crippen LogP contribution is -2.40. The van der Waals surface area contributed by atoms with E-state index >= 15 is 0 Å². The van der Waals surface area contributed by atoms with Crippen LogP contribution >= 0.6 is 11.6 Å². The number of nitrogens with one attached hydrogen (secondary N) is 1. The lowest BCUT2D eigenvalue weighted by Gasteiger charge is -2.34. The Bertz CT molecular complexity index is 866. The fraction of sp³-hybridized carbons (Fsp3) is 0.235. The van der Waals surface area contributed by atoms with Gasteiger partial charge >= 0.3 is 0 Å². The summed E-state index contributed by atoms with van der Waals surface area (Å²) in [6, 6.07) is 13.7. The van der Waals surface area contributed by atoms with Crippen LogP contribution in [0.25, 0.3) is 0 Å². The standard InChI is InChI=1S/C17H17ClN2O3S/c1-24(22,23)20-11-10-15(14-4-2-3-5-16(14)20)19-17(21)12-6-8-13(18)9-7-12/h2-9,15H,10-11H2,1H3,(H,19,21). The van der Waals surface area contributed by atoms with E-state index < -0.39 is 10.0 Å². The van der Waals surface area contributed by atoms with Crippen LogP contribution in [0.4, 0.5) is 5.69 Å². The topological polar surface area (TPSA) is 66.5 Å². The number of nitrogens with zero attached hydrogens (tertiary/aromatic N) is 1. The predicted molar refractivity (Wildman–Crippen MR) is 94.9 cm³/mol. The molecular formula is C17H17ClN2O3S. The van der Waals surface area contributed by atoms with Crippen LogP contribution in [0.5, 0.6) is 0 Å². The lowest BCUT2D eigenvalue weighted by molar-refractivity contribution is 0.0934. The number of carbonyl (C=O) groups excluding carboxylic acids is 1. The molecule has 1 N–H and O–H groups in total. The van der Waals surface area contributed by atoms with Crippen LogP contribution in [0, 0.1) is 0 Å². The second-order valence-electron chi connectivity index (χ2n) is 5.72. The van der Waals surface area contributed by atoms with Crippen molar-refractivity contribution in [3.05, 3.63) is 64.7 Å². The number of amides is 1. The Hall–Kier alpha value is -2.05. The van der Waals surface area contributed by atoms with Gasteiger partial charge in [-0.05, 0) is 42.3 Å². The fourth-order valence-corrected chi connectivity index (χ4v) is 3.96. The molecule has 1 aliphatic rings. The summed E-state index contributed by atoms with van der Waals surface area (Å²) in [6.45, 7) is 0.335. The van der Waals surface area contributed by atoms with Crippen molar-refractivity contribution >= 4 is 33.2 Å². The molecule has 24 heavy (non-hydrogen) atoms. The second kappa shape index (κ2) is 6.45. The first-order chi connectivity index (χ1) is 11.4. The number of sulfonamides is 1. The lowest BCUT2D eigenvalue weighted by atomic mass is 9.97. The third kappa shape index (κ3) is 3.39. The number of anilines is 1. The molecular weight excluding hydrogens is 348 g/mol. The number of halogens is 1. The summed E-state index contributed by atoms with van der Waals surface area (Å²) in [7, 11) is -3.34. The van der Waals surface area contributed by atoms with Crippen LogP contribution < -0.4 is 9.62 Å². The molecule has 5 nitrogen and oxygen atoms in total. The van der Waals surface area contributed by atoms with Gasteiger partial charge < -0.3 is 5.32 Å². The Kier molecular flexibility index (Phi) is 4.51. The average Bonchev–Trinajstić information content (AvgIpc) is 2.54. The molecule has 1 aliphatic heterocycles. The Morgan fingerprint density at radius 1 is 1.17 bits per heavy atom. The first kappa shape index (κ1) is 16.8. The Balaban J connectivity index is 1.87. The van der Waals surface area contributed by atoms with Crippen LogP contribution in [0.1, 0.15) is 28.4 Å². The average molecular weight is 365 g/mol.